The molecule has 1 aromatic carbocycles. The lowest BCUT2D eigenvalue weighted by Gasteiger charge is -2.31. The summed E-state index contributed by atoms with van der Waals surface area (Å²) in [6, 6.07) is 8.73. The van der Waals surface area contributed by atoms with Gasteiger partial charge in [0.05, 0.1) is 52.7 Å². The quantitative estimate of drug-likeness (QED) is 0.580. The van der Waals surface area contributed by atoms with Gasteiger partial charge in [0.2, 0.25) is 0 Å². The van der Waals surface area contributed by atoms with E-state index < -0.39 is 11.6 Å². The second kappa shape index (κ2) is 8.16. The number of hydrogen-bond acceptors (Lipinski definition) is 6. The molecule has 164 valence electrons. The summed E-state index contributed by atoms with van der Waals surface area (Å²) < 4.78 is 28.7. The third-order valence-electron chi connectivity index (χ3n) is 5.73. The summed E-state index contributed by atoms with van der Waals surface area (Å²) in [4.78, 5) is 23.2. The Kier molecular flexibility index (Phi) is 5.18. The number of carbonyl (C=O) groups excluding carboxylic acids is 1. The van der Waals surface area contributed by atoms with Gasteiger partial charge in [0.1, 0.15) is 17.5 Å². The zero-order valence-corrected chi connectivity index (χ0v) is 17.1. The van der Waals surface area contributed by atoms with Crippen LogP contribution in [0.1, 0.15) is 28.9 Å². The van der Waals surface area contributed by atoms with Crippen molar-refractivity contribution < 1.29 is 18.7 Å². The molecule has 9 heteroatoms. The molecule has 0 spiro atoms. The van der Waals surface area contributed by atoms with Crippen LogP contribution >= 0.6 is 0 Å². The van der Waals surface area contributed by atoms with Gasteiger partial charge < -0.3 is 20.6 Å². The number of halogens is 2. The number of piperidine rings is 1. The van der Waals surface area contributed by atoms with E-state index >= 15 is 0 Å². The van der Waals surface area contributed by atoms with E-state index in [1.165, 1.54) is 24.3 Å². The number of carbonyl (C=O) groups is 1. The van der Waals surface area contributed by atoms with E-state index in [-0.39, 0.29) is 29.8 Å². The maximum atomic E-state index is 14.4. The maximum Gasteiger partial charge on any atom is 0.255 e. The highest BCUT2D eigenvalue weighted by atomic mass is 19.1. The number of nitrogens with zero attached hydrogens (tertiary/aromatic N) is 3. The Labute approximate surface area is 183 Å². The average Bonchev–Trinajstić information content (AvgIpc) is 3.15. The van der Waals surface area contributed by atoms with Crippen LogP contribution in [-0.4, -0.2) is 40.2 Å². The number of benzene rings is 1. The number of nitrogens with one attached hydrogen (secondary N) is 2. The molecular weight excluding hydrogens is 416 g/mol. The van der Waals surface area contributed by atoms with Crippen LogP contribution in [0, 0.1) is 11.6 Å². The molecule has 0 saturated carbocycles. The molecular formula is C23H21F2N5O2. The Hall–Kier alpha value is -3.59. The van der Waals surface area contributed by atoms with Crippen LogP contribution in [-0.2, 0) is 6.54 Å². The highest BCUT2D eigenvalue weighted by Gasteiger charge is 2.27. The lowest BCUT2D eigenvalue weighted by molar-refractivity contribution is 0.0966. The van der Waals surface area contributed by atoms with Gasteiger partial charge in [-0.2, -0.15) is 0 Å². The predicted molar refractivity (Wildman–Crippen MR) is 116 cm³/mol. The number of aromatic nitrogens is 2. The molecule has 3 aromatic rings. The maximum absolute atomic E-state index is 14.4. The molecule has 0 aliphatic carbocycles. The zero-order chi connectivity index (χ0) is 22.2. The minimum Gasteiger partial charge on any atom is -0.391 e. The topological polar surface area (TPSA) is 90.4 Å². The molecule has 3 N–H and O–H groups in total. The number of fused-ring (bicyclic) bond motifs is 1. The molecule has 7 nitrogen and oxygen atoms in total. The highest BCUT2D eigenvalue weighted by molar-refractivity contribution is 6.04. The van der Waals surface area contributed by atoms with Crippen LogP contribution in [0.3, 0.4) is 0 Å². The van der Waals surface area contributed by atoms with Crippen molar-refractivity contribution in [1.29, 1.82) is 0 Å². The minimum atomic E-state index is -0.730. The Morgan fingerprint density at radius 3 is 2.69 bits per heavy atom. The summed E-state index contributed by atoms with van der Waals surface area (Å²) in [5, 5.41) is 15.7. The van der Waals surface area contributed by atoms with Crippen LogP contribution in [0.2, 0.25) is 0 Å². The van der Waals surface area contributed by atoms with Gasteiger partial charge in [-0.1, -0.05) is 6.07 Å². The van der Waals surface area contributed by atoms with Crippen molar-refractivity contribution in [3.63, 3.8) is 0 Å². The first-order valence-corrected chi connectivity index (χ1v) is 10.4. The number of rotatable bonds is 4. The van der Waals surface area contributed by atoms with E-state index in [0.29, 0.717) is 29.3 Å². The third kappa shape index (κ3) is 3.75. The average molecular weight is 437 g/mol. The van der Waals surface area contributed by atoms with Crippen molar-refractivity contribution >= 4 is 23.1 Å². The van der Waals surface area contributed by atoms with E-state index in [2.05, 4.69) is 25.5 Å². The SMILES string of the molecule is O=C1NCc2nc(-c3c(F)cccc3F)cc(Nc3ccc(N4CCC[C@@H](O)C4)cn3)c21. The fraction of sp³-hybridized carbons (Fsp3) is 0.261. The largest absolute Gasteiger partial charge is 0.391 e. The molecule has 4 heterocycles. The Bertz CT molecular complexity index is 1170. The second-order valence-electron chi connectivity index (χ2n) is 7.92. The van der Waals surface area contributed by atoms with Crippen LogP contribution in [0.5, 0.6) is 0 Å². The monoisotopic (exact) mass is 437 g/mol. The van der Waals surface area contributed by atoms with E-state index in [1.54, 1.807) is 12.3 Å². The highest BCUT2D eigenvalue weighted by Crippen LogP contribution is 2.33. The zero-order valence-electron chi connectivity index (χ0n) is 17.1. The van der Waals surface area contributed by atoms with Crippen molar-refractivity contribution in [1.82, 2.24) is 15.3 Å². The van der Waals surface area contributed by atoms with Crippen molar-refractivity contribution in [2.75, 3.05) is 23.3 Å². The number of aliphatic hydroxyl groups is 1. The molecule has 0 radical (unpaired) electrons. The van der Waals surface area contributed by atoms with Gasteiger partial charge in [-0.3, -0.25) is 4.79 Å². The number of β-amino-alcohol motifs (C(OH)–C–C–N with tert-alkyl or cyclic N) is 1. The van der Waals surface area contributed by atoms with Gasteiger partial charge >= 0.3 is 0 Å². The van der Waals surface area contributed by atoms with Crippen LogP contribution < -0.4 is 15.5 Å². The molecule has 2 aromatic heterocycles. The van der Waals surface area contributed by atoms with E-state index in [1.807, 2.05) is 6.07 Å². The molecule has 32 heavy (non-hydrogen) atoms. The number of anilines is 3. The van der Waals surface area contributed by atoms with Crippen LogP contribution in [0.25, 0.3) is 11.3 Å². The molecule has 0 bridgehead atoms. The minimum absolute atomic E-state index is 0.0947. The van der Waals surface area contributed by atoms with E-state index in [4.69, 9.17) is 0 Å². The summed E-state index contributed by atoms with van der Waals surface area (Å²) >= 11 is 0. The van der Waals surface area contributed by atoms with Gasteiger partial charge in [-0.15, -0.1) is 0 Å². The standard InChI is InChI=1S/C23H21F2N5O2/c24-15-4-1-5-16(25)21(15)17-9-18(22-19(28-17)11-27-23(22)32)29-20-7-6-13(10-26-20)30-8-2-3-14(31)12-30/h1,4-7,9-10,14,31H,2-3,8,11-12H2,(H,27,32)(H,26,28,29)/t14-/m1/s1. The fourth-order valence-electron chi connectivity index (χ4n) is 4.18. The molecule has 1 fully saturated rings. The number of amides is 1. The molecule has 1 atom stereocenters. The van der Waals surface area contributed by atoms with Crippen molar-refractivity contribution in [3.05, 3.63) is 65.5 Å². The number of aliphatic hydroxyl groups excluding tert-OH is 1. The Morgan fingerprint density at radius 1 is 1.16 bits per heavy atom. The number of hydrogen-bond donors (Lipinski definition) is 3. The van der Waals surface area contributed by atoms with Crippen LogP contribution in [0.4, 0.5) is 26.0 Å². The Morgan fingerprint density at radius 2 is 1.97 bits per heavy atom. The van der Waals surface area contributed by atoms with Gasteiger partial charge in [0.15, 0.2) is 0 Å². The van der Waals surface area contributed by atoms with Gasteiger partial charge in [0, 0.05) is 13.1 Å². The van der Waals surface area contributed by atoms with Gasteiger partial charge in [0.25, 0.3) is 5.91 Å². The molecule has 1 amide bonds. The first-order valence-electron chi connectivity index (χ1n) is 10.4. The lowest BCUT2D eigenvalue weighted by atomic mass is 10.1. The van der Waals surface area contributed by atoms with Crippen molar-refractivity contribution in [2.45, 2.75) is 25.5 Å². The lowest BCUT2D eigenvalue weighted by Crippen LogP contribution is -2.38. The summed E-state index contributed by atoms with van der Waals surface area (Å²) in [6.07, 6.45) is 3.05. The molecule has 0 unspecified atom stereocenters. The van der Waals surface area contributed by atoms with Crippen molar-refractivity contribution in [3.8, 4) is 11.3 Å². The molecule has 1 saturated heterocycles. The summed E-state index contributed by atoms with van der Waals surface area (Å²) in [6.45, 7) is 1.58. The summed E-state index contributed by atoms with van der Waals surface area (Å²) in [5.74, 6) is -1.30. The second-order valence-corrected chi connectivity index (χ2v) is 7.92. The van der Waals surface area contributed by atoms with Crippen molar-refractivity contribution in [2.24, 2.45) is 0 Å². The fourth-order valence-corrected chi connectivity index (χ4v) is 4.18. The normalized spacial score (nSPS) is 17.8. The smallest absolute Gasteiger partial charge is 0.255 e. The summed E-state index contributed by atoms with van der Waals surface area (Å²) in [5.41, 5.74) is 1.85. The molecule has 2 aliphatic rings. The van der Waals surface area contributed by atoms with Gasteiger partial charge in [-0.05, 0) is 43.2 Å². The molecule has 2 aliphatic heterocycles. The van der Waals surface area contributed by atoms with E-state index in [9.17, 15) is 18.7 Å². The third-order valence-corrected chi connectivity index (χ3v) is 5.73. The van der Waals surface area contributed by atoms with Crippen LogP contribution in [0.15, 0.2) is 42.6 Å². The first kappa shape index (κ1) is 20.3. The summed E-state index contributed by atoms with van der Waals surface area (Å²) in [7, 11) is 0. The number of pyridine rings is 2. The Balaban J connectivity index is 1.48. The first-order chi connectivity index (χ1) is 15.5. The van der Waals surface area contributed by atoms with E-state index in [0.717, 1.165) is 25.1 Å². The van der Waals surface area contributed by atoms with Gasteiger partial charge in [-0.25, -0.2) is 18.7 Å². The predicted octanol–water partition coefficient (Wildman–Crippen LogP) is 3.37. The molecule has 5 rings (SSSR count).